The van der Waals surface area contributed by atoms with Crippen molar-refractivity contribution in [1.29, 1.82) is 0 Å². The number of carbonyl (C=O) groups is 1. The summed E-state index contributed by atoms with van der Waals surface area (Å²) in [5.41, 5.74) is -0.979. The van der Waals surface area contributed by atoms with E-state index in [0.717, 1.165) is 0 Å². The number of pyridine rings is 1. The Bertz CT molecular complexity index is 540. The molecule has 20 heavy (non-hydrogen) atoms. The van der Waals surface area contributed by atoms with E-state index in [2.05, 4.69) is 10.3 Å². The number of nitrogens with zero attached hydrogens (tertiary/aromatic N) is 2. The SMILES string of the molecule is Cc1nc(NC2(C(=O)O)CCOCC2)ccc1[N+](=O)[O-]. The zero-order valence-corrected chi connectivity index (χ0v) is 11.0. The Hall–Kier alpha value is -2.22. The summed E-state index contributed by atoms with van der Waals surface area (Å²) in [7, 11) is 0. The van der Waals surface area contributed by atoms with Gasteiger partial charge in [0.2, 0.25) is 0 Å². The third kappa shape index (κ3) is 2.69. The highest BCUT2D eigenvalue weighted by molar-refractivity contribution is 5.82. The first-order valence-electron chi connectivity index (χ1n) is 6.16. The van der Waals surface area contributed by atoms with Crippen LogP contribution in [0.25, 0.3) is 0 Å². The molecule has 0 atom stereocenters. The molecule has 0 amide bonds. The van der Waals surface area contributed by atoms with Crippen LogP contribution < -0.4 is 5.32 Å². The number of carboxylic acids is 1. The second-order valence-electron chi connectivity index (χ2n) is 4.68. The van der Waals surface area contributed by atoms with E-state index >= 15 is 0 Å². The molecule has 1 aliphatic rings. The number of nitrogens with one attached hydrogen (secondary N) is 1. The standard InChI is InChI=1S/C12H15N3O5/c1-8-9(15(18)19)2-3-10(13-8)14-12(11(16)17)4-6-20-7-5-12/h2-3H,4-7H2,1H3,(H,13,14)(H,16,17). The van der Waals surface area contributed by atoms with Crippen LogP contribution in [0.5, 0.6) is 0 Å². The van der Waals surface area contributed by atoms with Crippen LogP contribution >= 0.6 is 0 Å². The lowest BCUT2D eigenvalue weighted by Gasteiger charge is -2.34. The van der Waals surface area contributed by atoms with E-state index in [0.29, 0.717) is 31.9 Å². The fourth-order valence-corrected chi connectivity index (χ4v) is 2.17. The number of rotatable bonds is 4. The van der Waals surface area contributed by atoms with E-state index in [9.17, 15) is 20.0 Å². The van der Waals surface area contributed by atoms with Gasteiger partial charge in [0, 0.05) is 32.1 Å². The van der Waals surface area contributed by atoms with E-state index in [1.807, 2.05) is 0 Å². The van der Waals surface area contributed by atoms with Crippen LogP contribution in [-0.2, 0) is 9.53 Å². The maximum Gasteiger partial charge on any atom is 0.329 e. The molecular formula is C12H15N3O5. The summed E-state index contributed by atoms with van der Waals surface area (Å²) in [5, 5.41) is 23.0. The van der Waals surface area contributed by atoms with Crippen molar-refractivity contribution >= 4 is 17.5 Å². The highest BCUT2D eigenvalue weighted by Gasteiger charge is 2.40. The Kier molecular flexibility index (Phi) is 3.84. The van der Waals surface area contributed by atoms with Gasteiger partial charge >= 0.3 is 5.97 Å². The van der Waals surface area contributed by atoms with E-state index in [1.165, 1.54) is 19.1 Å². The molecule has 0 saturated carbocycles. The second-order valence-corrected chi connectivity index (χ2v) is 4.68. The van der Waals surface area contributed by atoms with Crippen LogP contribution in [0.4, 0.5) is 11.5 Å². The average Bonchev–Trinajstić information content (AvgIpc) is 2.39. The van der Waals surface area contributed by atoms with Gasteiger partial charge in [-0.25, -0.2) is 9.78 Å². The summed E-state index contributed by atoms with van der Waals surface area (Å²) in [6.07, 6.45) is 0.639. The van der Waals surface area contributed by atoms with Crippen molar-refractivity contribution in [2.24, 2.45) is 0 Å². The molecule has 0 spiro atoms. The van der Waals surface area contributed by atoms with Crippen LogP contribution in [0.3, 0.4) is 0 Å². The van der Waals surface area contributed by atoms with Crippen molar-refractivity contribution in [2.75, 3.05) is 18.5 Å². The molecule has 0 unspecified atom stereocenters. The minimum Gasteiger partial charge on any atom is -0.480 e. The van der Waals surface area contributed by atoms with Gasteiger partial charge in [-0.3, -0.25) is 10.1 Å². The Balaban J connectivity index is 2.25. The van der Waals surface area contributed by atoms with Crippen LogP contribution in [0, 0.1) is 17.0 Å². The number of hydrogen-bond acceptors (Lipinski definition) is 6. The number of hydrogen-bond donors (Lipinski definition) is 2. The van der Waals surface area contributed by atoms with Gasteiger partial charge in [-0.15, -0.1) is 0 Å². The first kappa shape index (κ1) is 14.2. The number of nitro groups is 1. The maximum absolute atomic E-state index is 11.5. The molecule has 0 radical (unpaired) electrons. The number of carboxylic acid groups (broad SMARTS) is 1. The predicted octanol–water partition coefficient (Wildman–Crippen LogP) is 1.34. The summed E-state index contributed by atoms with van der Waals surface area (Å²) < 4.78 is 5.17. The summed E-state index contributed by atoms with van der Waals surface area (Å²) in [4.78, 5) is 25.8. The van der Waals surface area contributed by atoms with Crippen molar-refractivity contribution in [3.8, 4) is 0 Å². The van der Waals surface area contributed by atoms with Crippen molar-refractivity contribution < 1.29 is 19.6 Å². The zero-order chi connectivity index (χ0) is 14.8. The molecule has 1 aliphatic heterocycles. The van der Waals surface area contributed by atoms with Gasteiger partial charge in [-0.2, -0.15) is 0 Å². The van der Waals surface area contributed by atoms with Crippen LogP contribution in [0.15, 0.2) is 12.1 Å². The van der Waals surface area contributed by atoms with Crippen LogP contribution in [0.2, 0.25) is 0 Å². The summed E-state index contributed by atoms with van der Waals surface area (Å²) >= 11 is 0. The zero-order valence-electron chi connectivity index (χ0n) is 11.0. The van der Waals surface area contributed by atoms with E-state index in [-0.39, 0.29) is 11.4 Å². The minimum atomic E-state index is -1.13. The Morgan fingerprint density at radius 3 is 2.65 bits per heavy atom. The average molecular weight is 281 g/mol. The molecule has 0 bridgehead atoms. The largest absolute Gasteiger partial charge is 0.480 e. The number of anilines is 1. The summed E-state index contributed by atoms with van der Waals surface area (Å²) in [6, 6.07) is 2.74. The summed E-state index contributed by atoms with van der Waals surface area (Å²) in [6.45, 7) is 2.22. The Morgan fingerprint density at radius 1 is 1.50 bits per heavy atom. The lowest BCUT2D eigenvalue weighted by molar-refractivity contribution is -0.385. The molecule has 2 N–H and O–H groups in total. The van der Waals surface area contributed by atoms with Gasteiger partial charge in [-0.1, -0.05) is 0 Å². The van der Waals surface area contributed by atoms with Gasteiger partial charge in [0.15, 0.2) is 0 Å². The molecule has 2 rings (SSSR count). The molecule has 0 aliphatic carbocycles. The molecule has 1 aromatic heterocycles. The normalized spacial score (nSPS) is 17.4. The summed E-state index contributed by atoms with van der Waals surface area (Å²) in [5.74, 6) is -0.656. The molecule has 108 valence electrons. The Morgan fingerprint density at radius 2 is 2.15 bits per heavy atom. The first-order valence-corrected chi connectivity index (χ1v) is 6.16. The lowest BCUT2D eigenvalue weighted by atomic mass is 9.90. The highest BCUT2D eigenvalue weighted by Crippen LogP contribution is 2.27. The van der Waals surface area contributed by atoms with E-state index in [4.69, 9.17) is 4.74 Å². The minimum absolute atomic E-state index is 0.0908. The fourth-order valence-electron chi connectivity index (χ4n) is 2.17. The van der Waals surface area contributed by atoms with E-state index in [1.54, 1.807) is 0 Å². The predicted molar refractivity (Wildman–Crippen MR) is 69.7 cm³/mol. The third-order valence-electron chi connectivity index (χ3n) is 3.38. The van der Waals surface area contributed by atoms with Gasteiger partial charge in [-0.05, 0) is 13.0 Å². The van der Waals surface area contributed by atoms with Crippen molar-refractivity contribution in [2.45, 2.75) is 25.3 Å². The van der Waals surface area contributed by atoms with Crippen molar-refractivity contribution in [3.05, 3.63) is 27.9 Å². The van der Waals surface area contributed by atoms with Gasteiger partial charge < -0.3 is 15.2 Å². The monoisotopic (exact) mass is 281 g/mol. The quantitative estimate of drug-likeness (QED) is 0.632. The molecule has 1 saturated heterocycles. The third-order valence-corrected chi connectivity index (χ3v) is 3.38. The molecule has 0 aromatic carbocycles. The first-order chi connectivity index (χ1) is 9.44. The second kappa shape index (κ2) is 5.41. The Labute approximate surface area is 114 Å². The molecular weight excluding hydrogens is 266 g/mol. The molecule has 8 nitrogen and oxygen atoms in total. The highest BCUT2D eigenvalue weighted by atomic mass is 16.6. The fraction of sp³-hybridized carbons (Fsp3) is 0.500. The molecule has 1 fully saturated rings. The number of aryl methyl sites for hydroxylation is 1. The van der Waals surface area contributed by atoms with Gasteiger partial charge in [0.05, 0.1) is 4.92 Å². The number of ether oxygens (including phenoxy) is 1. The molecule has 1 aromatic rings. The van der Waals surface area contributed by atoms with Crippen molar-refractivity contribution in [1.82, 2.24) is 4.98 Å². The van der Waals surface area contributed by atoms with Crippen LogP contribution in [0.1, 0.15) is 18.5 Å². The lowest BCUT2D eigenvalue weighted by Crippen LogP contribution is -2.50. The molecule has 8 heteroatoms. The smallest absolute Gasteiger partial charge is 0.329 e. The van der Waals surface area contributed by atoms with Crippen molar-refractivity contribution in [3.63, 3.8) is 0 Å². The number of aliphatic carboxylic acids is 1. The van der Waals surface area contributed by atoms with Crippen LogP contribution in [-0.4, -0.2) is 39.7 Å². The molecule has 2 heterocycles. The number of aromatic nitrogens is 1. The maximum atomic E-state index is 11.5. The van der Waals surface area contributed by atoms with Gasteiger partial charge in [0.1, 0.15) is 17.1 Å². The van der Waals surface area contributed by atoms with Gasteiger partial charge in [0.25, 0.3) is 5.69 Å². The van der Waals surface area contributed by atoms with E-state index < -0.39 is 16.4 Å². The topological polar surface area (TPSA) is 115 Å².